The molecule has 2 aromatic rings. The SMILES string of the molecule is CSc1cccc(NC(=O)CN2CCN(c3ccccc3)C2=O)c1. The zero-order valence-corrected chi connectivity index (χ0v) is 14.3. The van der Waals surface area contributed by atoms with E-state index in [4.69, 9.17) is 0 Å². The van der Waals surface area contributed by atoms with E-state index >= 15 is 0 Å². The zero-order chi connectivity index (χ0) is 16.9. The lowest BCUT2D eigenvalue weighted by molar-refractivity contribution is -0.116. The van der Waals surface area contributed by atoms with E-state index in [1.54, 1.807) is 21.6 Å². The lowest BCUT2D eigenvalue weighted by atomic mass is 10.3. The monoisotopic (exact) mass is 341 g/mol. The molecule has 0 aliphatic carbocycles. The summed E-state index contributed by atoms with van der Waals surface area (Å²) in [5.74, 6) is -0.184. The van der Waals surface area contributed by atoms with Crippen molar-refractivity contribution in [1.82, 2.24) is 4.90 Å². The Balaban J connectivity index is 1.60. The molecule has 3 amide bonds. The van der Waals surface area contributed by atoms with Crippen molar-refractivity contribution in [2.45, 2.75) is 4.90 Å². The molecule has 0 aromatic heterocycles. The third-order valence-corrected chi connectivity index (χ3v) is 4.58. The Kier molecular flexibility index (Phi) is 5.05. The summed E-state index contributed by atoms with van der Waals surface area (Å²) in [5, 5.41) is 2.85. The van der Waals surface area contributed by atoms with E-state index in [0.717, 1.165) is 16.3 Å². The van der Waals surface area contributed by atoms with Crippen LogP contribution >= 0.6 is 11.8 Å². The normalized spacial score (nSPS) is 14.1. The maximum Gasteiger partial charge on any atom is 0.325 e. The standard InChI is InChI=1S/C18H19N3O2S/c1-24-16-9-5-6-14(12-16)19-17(22)13-20-10-11-21(18(20)23)15-7-3-2-4-8-15/h2-9,12H,10-11,13H2,1H3,(H,19,22). The van der Waals surface area contributed by atoms with Gasteiger partial charge in [-0.2, -0.15) is 0 Å². The summed E-state index contributed by atoms with van der Waals surface area (Å²) in [6, 6.07) is 17.0. The van der Waals surface area contributed by atoms with Crippen molar-refractivity contribution < 1.29 is 9.59 Å². The molecule has 3 rings (SSSR count). The quantitative estimate of drug-likeness (QED) is 0.849. The largest absolute Gasteiger partial charge is 0.325 e. The first-order valence-corrected chi connectivity index (χ1v) is 8.95. The first-order valence-electron chi connectivity index (χ1n) is 7.73. The molecule has 0 spiro atoms. The van der Waals surface area contributed by atoms with E-state index in [-0.39, 0.29) is 18.5 Å². The maximum atomic E-state index is 12.5. The van der Waals surface area contributed by atoms with Gasteiger partial charge in [0.2, 0.25) is 5.91 Å². The highest BCUT2D eigenvalue weighted by atomic mass is 32.2. The predicted octanol–water partition coefficient (Wildman–Crippen LogP) is 3.29. The van der Waals surface area contributed by atoms with Gasteiger partial charge in [0, 0.05) is 29.4 Å². The summed E-state index contributed by atoms with van der Waals surface area (Å²) in [6.07, 6.45) is 1.99. The van der Waals surface area contributed by atoms with Crippen molar-refractivity contribution in [1.29, 1.82) is 0 Å². The van der Waals surface area contributed by atoms with Crippen LogP contribution in [0.4, 0.5) is 16.2 Å². The summed E-state index contributed by atoms with van der Waals surface area (Å²) < 4.78 is 0. The second kappa shape index (κ2) is 7.40. The number of hydrogen-bond donors (Lipinski definition) is 1. The molecule has 1 aliphatic rings. The van der Waals surface area contributed by atoms with Crippen molar-refractivity contribution in [2.24, 2.45) is 0 Å². The van der Waals surface area contributed by atoms with Gasteiger partial charge in [-0.1, -0.05) is 24.3 Å². The summed E-state index contributed by atoms with van der Waals surface area (Å²) >= 11 is 1.62. The van der Waals surface area contributed by atoms with Crippen LogP contribution in [-0.4, -0.2) is 42.7 Å². The molecule has 0 atom stereocenters. The summed E-state index contributed by atoms with van der Waals surface area (Å²) in [6.45, 7) is 1.20. The Morgan fingerprint density at radius 1 is 1.12 bits per heavy atom. The number of rotatable bonds is 5. The third-order valence-electron chi connectivity index (χ3n) is 3.85. The number of amides is 3. The molecule has 0 bridgehead atoms. The molecule has 0 saturated carbocycles. The van der Waals surface area contributed by atoms with Gasteiger partial charge in [0.15, 0.2) is 0 Å². The fourth-order valence-electron chi connectivity index (χ4n) is 2.65. The molecule has 1 aliphatic heterocycles. The van der Waals surface area contributed by atoms with Crippen LogP contribution in [0, 0.1) is 0 Å². The second-order valence-corrected chi connectivity index (χ2v) is 6.35. The molecule has 1 N–H and O–H groups in total. The first-order chi connectivity index (χ1) is 11.7. The highest BCUT2D eigenvalue weighted by Crippen LogP contribution is 2.21. The minimum atomic E-state index is -0.184. The molecule has 1 fully saturated rings. The highest BCUT2D eigenvalue weighted by Gasteiger charge is 2.30. The van der Waals surface area contributed by atoms with Crippen LogP contribution in [0.5, 0.6) is 0 Å². The van der Waals surface area contributed by atoms with Crippen LogP contribution in [0.2, 0.25) is 0 Å². The van der Waals surface area contributed by atoms with Gasteiger partial charge < -0.3 is 10.2 Å². The van der Waals surface area contributed by atoms with Crippen molar-refractivity contribution in [2.75, 3.05) is 36.1 Å². The van der Waals surface area contributed by atoms with Gasteiger partial charge in [-0.25, -0.2) is 4.79 Å². The predicted molar refractivity (Wildman–Crippen MR) is 97.6 cm³/mol. The third kappa shape index (κ3) is 3.71. The smallest absolute Gasteiger partial charge is 0.325 e. The van der Waals surface area contributed by atoms with Crippen LogP contribution in [-0.2, 0) is 4.79 Å². The number of benzene rings is 2. The van der Waals surface area contributed by atoms with E-state index in [2.05, 4.69) is 5.32 Å². The number of nitrogens with one attached hydrogen (secondary N) is 1. The van der Waals surface area contributed by atoms with Crippen LogP contribution in [0.15, 0.2) is 59.5 Å². The lowest BCUT2D eigenvalue weighted by Gasteiger charge is -2.18. The van der Waals surface area contributed by atoms with Gasteiger partial charge in [0.05, 0.1) is 0 Å². The van der Waals surface area contributed by atoms with Crippen molar-refractivity contribution in [3.05, 3.63) is 54.6 Å². The molecule has 0 unspecified atom stereocenters. The van der Waals surface area contributed by atoms with Crippen LogP contribution in [0.3, 0.4) is 0 Å². The lowest BCUT2D eigenvalue weighted by Crippen LogP contribution is -2.37. The zero-order valence-electron chi connectivity index (χ0n) is 13.4. The van der Waals surface area contributed by atoms with Crippen LogP contribution < -0.4 is 10.2 Å². The van der Waals surface area contributed by atoms with E-state index < -0.39 is 0 Å². The molecule has 6 heteroatoms. The molecule has 2 aromatic carbocycles. The summed E-state index contributed by atoms with van der Waals surface area (Å²) in [7, 11) is 0. The number of anilines is 2. The van der Waals surface area contributed by atoms with Crippen LogP contribution in [0.1, 0.15) is 0 Å². The van der Waals surface area contributed by atoms with Gasteiger partial charge in [0.1, 0.15) is 6.54 Å². The Hall–Kier alpha value is -2.47. The van der Waals surface area contributed by atoms with Crippen molar-refractivity contribution >= 4 is 35.1 Å². The van der Waals surface area contributed by atoms with E-state index in [0.29, 0.717) is 13.1 Å². The average Bonchev–Trinajstić information content (AvgIpc) is 2.96. The number of para-hydroxylation sites is 1. The number of carbonyl (C=O) groups excluding carboxylic acids is 2. The second-order valence-electron chi connectivity index (χ2n) is 5.47. The van der Waals surface area contributed by atoms with Gasteiger partial charge >= 0.3 is 6.03 Å². The number of thioether (sulfide) groups is 1. The first kappa shape index (κ1) is 16.4. The fraction of sp³-hybridized carbons (Fsp3) is 0.222. The average molecular weight is 341 g/mol. The Labute approximate surface area is 145 Å². The Morgan fingerprint density at radius 2 is 1.92 bits per heavy atom. The van der Waals surface area contributed by atoms with E-state index in [9.17, 15) is 9.59 Å². The minimum absolute atomic E-state index is 0.0612. The molecular weight excluding hydrogens is 322 g/mol. The number of urea groups is 1. The molecule has 5 nitrogen and oxygen atoms in total. The van der Waals surface area contributed by atoms with Gasteiger partial charge in [-0.3, -0.25) is 9.69 Å². The molecule has 1 heterocycles. The van der Waals surface area contributed by atoms with Crippen molar-refractivity contribution in [3.8, 4) is 0 Å². The van der Waals surface area contributed by atoms with Gasteiger partial charge in [-0.15, -0.1) is 11.8 Å². The Morgan fingerprint density at radius 3 is 2.67 bits per heavy atom. The van der Waals surface area contributed by atoms with Gasteiger partial charge in [0.25, 0.3) is 0 Å². The van der Waals surface area contributed by atoms with E-state index in [1.807, 2.05) is 60.9 Å². The fourth-order valence-corrected chi connectivity index (χ4v) is 3.11. The topological polar surface area (TPSA) is 52.7 Å². The minimum Gasteiger partial charge on any atom is -0.325 e. The Bertz CT molecular complexity index is 736. The number of carbonyl (C=O) groups is 2. The summed E-state index contributed by atoms with van der Waals surface area (Å²) in [5.41, 5.74) is 1.61. The molecule has 124 valence electrons. The summed E-state index contributed by atoms with van der Waals surface area (Å²) in [4.78, 5) is 29.0. The molecule has 24 heavy (non-hydrogen) atoms. The molecule has 0 radical (unpaired) electrons. The number of hydrogen-bond acceptors (Lipinski definition) is 3. The maximum absolute atomic E-state index is 12.5. The highest BCUT2D eigenvalue weighted by molar-refractivity contribution is 7.98. The van der Waals surface area contributed by atoms with E-state index in [1.165, 1.54) is 0 Å². The van der Waals surface area contributed by atoms with Crippen LogP contribution in [0.25, 0.3) is 0 Å². The molecular formula is C18H19N3O2S. The molecule has 1 saturated heterocycles. The van der Waals surface area contributed by atoms with Gasteiger partial charge in [-0.05, 0) is 36.6 Å². The number of nitrogens with zero attached hydrogens (tertiary/aromatic N) is 2. The van der Waals surface area contributed by atoms with Crippen molar-refractivity contribution in [3.63, 3.8) is 0 Å².